The van der Waals surface area contributed by atoms with Gasteiger partial charge in [0.25, 0.3) is 0 Å². The quantitative estimate of drug-likeness (QED) is 0.626. The lowest BCUT2D eigenvalue weighted by Crippen LogP contribution is -2.37. The van der Waals surface area contributed by atoms with Crippen LogP contribution in [0.4, 0.5) is 0 Å². The first kappa shape index (κ1) is 17.8. The van der Waals surface area contributed by atoms with Crippen molar-refractivity contribution in [3.05, 3.63) is 35.4 Å². The second kappa shape index (κ2) is 9.56. The number of hydrogen-bond acceptors (Lipinski definition) is 2. The Morgan fingerprint density at radius 2 is 1.91 bits per heavy atom. The summed E-state index contributed by atoms with van der Waals surface area (Å²) >= 11 is 0. The van der Waals surface area contributed by atoms with Gasteiger partial charge in [0, 0.05) is 32.7 Å². The van der Waals surface area contributed by atoms with Gasteiger partial charge in [-0.25, -0.2) is 0 Å². The highest BCUT2D eigenvalue weighted by Crippen LogP contribution is 2.19. The van der Waals surface area contributed by atoms with Crippen molar-refractivity contribution in [2.75, 3.05) is 20.1 Å². The Balaban J connectivity index is 1.82. The molecule has 1 heterocycles. The molecule has 0 spiro atoms. The van der Waals surface area contributed by atoms with Crippen LogP contribution < -0.4 is 10.6 Å². The second-order valence-corrected chi connectivity index (χ2v) is 6.48. The number of benzene rings is 1. The van der Waals surface area contributed by atoms with Crippen LogP contribution >= 0.6 is 0 Å². The van der Waals surface area contributed by atoms with Crippen LogP contribution in [0.1, 0.15) is 50.7 Å². The predicted octanol–water partition coefficient (Wildman–Crippen LogP) is 3.14. The minimum Gasteiger partial charge on any atom is -0.356 e. The fraction of sp³-hybridized carbons (Fsp3) is 0.632. The first-order valence-electron chi connectivity index (χ1n) is 8.99. The maximum Gasteiger partial charge on any atom is 0.191 e. The molecule has 4 heteroatoms. The average molecular weight is 316 g/mol. The van der Waals surface area contributed by atoms with Gasteiger partial charge in [-0.3, -0.25) is 9.89 Å². The molecule has 1 aromatic carbocycles. The van der Waals surface area contributed by atoms with Gasteiger partial charge in [0.1, 0.15) is 0 Å². The lowest BCUT2D eigenvalue weighted by atomic mass is 10.0. The van der Waals surface area contributed by atoms with E-state index in [0.29, 0.717) is 0 Å². The number of rotatable bonds is 6. The Morgan fingerprint density at radius 3 is 2.57 bits per heavy atom. The molecule has 0 radical (unpaired) electrons. The fourth-order valence-electron chi connectivity index (χ4n) is 3.04. The standard InChI is InChI=1S/C19H32N4/c1-4-12-21-19(20-3)22-14-17-8-10-18(11-9-17)15-23-13-6-5-7-16(23)2/h8-11,16H,4-7,12-15H2,1-3H3,(H2,20,21,22). The monoisotopic (exact) mass is 316 g/mol. The third kappa shape index (κ3) is 5.87. The van der Waals surface area contributed by atoms with Crippen LogP contribution in [-0.2, 0) is 13.1 Å². The summed E-state index contributed by atoms with van der Waals surface area (Å²) in [4.78, 5) is 6.84. The van der Waals surface area contributed by atoms with E-state index in [1.54, 1.807) is 0 Å². The van der Waals surface area contributed by atoms with E-state index in [9.17, 15) is 0 Å². The van der Waals surface area contributed by atoms with E-state index >= 15 is 0 Å². The minimum absolute atomic E-state index is 0.720. The maximum absolute atomic E-state index is 4.23. The summed E-state index contributed by atoms with van der Waals surface area (Å²) in [7, 11) is 1.81. The molecule has 2 rings (SSSR count). The summed E-state index contributed by atoms with van der Waals surface area (Å²) in [5.74, 6) is 0.873. The Bertz CT molecular complexity index is 481. The fourth-order valence-corrected chi connectivity index (χ4v) is 3.04. The molecule has 1 aromatic rings. The average Bonchev–Trinajstić information content (AvgIpc) is 2.58. The normalized spacial score (nSPS) is 19.6. The molecule has 0 amide bonds. The van der Waals surface area contributed by atoms with Crippen LogP contribution in [-0.4, -0.2) is 37.0 Å². The van der Waals surface area contributed by atoms with E-state index in [0.717, 1.165) is 38.1 Å². The highest BCUT2D eigenvalue weighted by atomic mass is 15.2. The van der Waals surface area contributed by atoms with Crippen molar-refractivity contribution < 1.29 is 0 Å². The second-order valence-electron chi connectivity index (χ2n) is 6.48. The van der Waals surface area contributed by atoms with Gasteiger partial charge >= 0.3 is 0 Å². The Morgan fingerprint density at radius 1 is 1.17 bits per heavy atom. The molecule has 1 saturated heterocycles. The summed E-state index contributed by atoms with van der Waals surface area (Å²) in [6.07, 6.45) is 5.17. The van der Waals surface area contributed by atoms with Crippen molar-refractivity contribution in [1.82, 2.24) is 15.5 Å². The van der Waals surface area contributed by atoms with Gasteiger partial charge in [0.15, 0.2) is 5.96 Å². The van der Waals surface area contributed by atoms with E-state index in [-0.39, 0.29) is 0 Å². The number of likely N-dealkylation sites (tertiary alicyclic amines) is 1. The van der Waals surface area contributed by atoms with Crippen LogP contribution in [0.2, 0.25) is 0 Å². The topological polar surface area (TPSA) is 39.7 Å². The van der Waals surface area contributed by atoms with Gasteiger partial charge in [0.2, 0.25) is 0 Å². The van der Waals surface area contributed by atoms with Crippen molar-refractivity contribution >= 4 is 5.96 Å². The molecule has 4 nitrogen and oxygen atoms in total. The van der Waals surface area contributed by atoms with E-state index in [4.69, 9.17) is 0 Å². The molecular formula is C19H32N4. The summed E-state index contributed by atoms with van der Waals surface area (Å²) < 4.78 is 0. The molecule has 1 fully saturated rings. The number of nitrogens with zero attached hydrogens (tertiary/aromatic N) is 2. The summed E-state index contributed by atoms with van der Waals surface area (Å²) in [5, 5.41) is 6.65. The van der Waals surface area contributed by atoms with Crippen LogP contribution in [0.5, 0.6) is 0 Å². The molecule has 1 atom stereocenters. The van der Waals surface area contributed by atoms with Crippen molar-refractivity contribution in [2.24, 2.45) is 4.99 Å². The molecule has 128 valence electrons. The van der Waals surface area contributed by atoms with Crippen LogP contribution in [0.25, 0.3) is 0 Å². The first-order valence-corrected chi connectivity index (χ1v) is 8.99. The molecule has 2 N–H and O–H groups in total. The highest BCUT2D eigenvalue weighted by molar-refractivity contribution is 5.79. The molecule has 0 aliphatic carbocycles. The molecule has 23 heavy (non-hydrogen) atoms. The van der Waals surface area contributed by atoms with Gasteiger partial charge in [-0.15, -0.1) is 0 Å². The lowest BCUT2D eigenvalue weighted by molar-refractivity contribution is 0.152. The molecule has 0 aromatic heterocycles. The Kier molecular flexibility index (Phi) is 7.40. The molecule has 0 saturated carbocycles. The van der Waals surface area contributed by atoms with Crippen LogP contribution in [0.15, 0.2) is 29.3 Å². The van der Waals surface area contributed by atoms with Crippen molar-refractivity contribution in [3.63, 3.8) is 0 Å². The largest absolute Gasteiger partial charge is 0.356 e. The highest BCUT2D eigenvalue weighted by Gasteiger charge is 2.17. The van der Waals surface area contributed by atoms with E-state index < -0.39 is 0 Å². The van der Waals surface area contributed by atoms with Crippen molar-refractivity contribution in [1.29, 1.82) is 0 Å². The molecule has 1 unspecified atom stereocenters. The van der Waals surface area contributed by atoms with E-state index in [2.05, 4.69) is 58.6 Å². The SMILES string of the molecule is CCCNC(=NC)NCc1ccc(CN2CCCCC2C)cc1. The zero-order chi connectivity index (χ0) is 16.5. The number of piperidine rings is 1. The van der Waals surface area contributed by atoms with Crippen LogP contribution in [0, 0.1) is 0 Å². The number of aliphatic imine (C=N–C) groups is 1. The van der Waals surface area contributed by atoms with Gasteiger partial charge in [-0.2, -0.15) is 0 Å². The van der Waals surface area contributed by atoms with Crippen LogP contribution in [0.3, 0.4) is 0 Å². The smallest absolute Gasteiger partial charge is 0.191 e. The van der Waals surface area contributed by atoms with Gasteiger partial charge in [0.05, 0.1) is 0 Å². The van der Waals surface area contributed by atoms with Crippen molar-refractivity contribution in [2.45, 2.75) is 58.7 Å². The zero-order valence-electron chi connectivity index (χ0n) is 14.9. The van der Waals surface area contributed by atoms with Gasteiger partial charge in [-0.05, 0) is 43.9 Å². The van der Waals surface area contributed by atoms with E-state index in [1.807, 2.05) is 7.05 Å². The molecular weight excluding hydrogens is 284 g/mol. The number of guanidine groups is 1. The van der Waals surface area contributed by atoms with Gasteiger partial charge in [-0.1, -0.05) is 37.6 Å². The molecule has 1 aliphatic heterocycles. The maximum atomic E-state index is 4.23. The summed E-state index contributed by atoms with van der Waals surface area (Å²) in [5.41, 5.74) is 2.70. The first-order chi connectivity index (χ1) is 11.2. The summed E-state index contributed by atoms with van der Waals surface area (Å²) in [6, 6.07) is 9.70. The zero-order valence-corrected chi connectivity index (χ0v) is 14.9. The number of hydrogen-bond donors (Lipinski definition) is 2. The van der Waals surface area contributed by atoms with E-state index in [1.165, 1.54) is 36.9 Å². The Labute approximate surface area is 141 Å². The molecule has 0 bridgehead atoms. The number of nitrogens with one attached hydrogen (secondary N) is 2. The minimum atomic E-state index is 0.720. The lowest BCUT2D eigenvalue weighted by Gasteiger charge is -2.33. The van der Waals surface area contributed by atoms with Gasteiger partial charge < -0.3 is 10.6 Å². The predicted molar refractivity (Wildman–Crippen MR) is 98.7 cm³/mol. The van der Waals surface area contributed by atoms with Crippen molar-refractivity contribution in [3.8, 4) is 0 Å². The Hall–Kier alpha value is -1.55. The third-order valence-corrected chi connectivity index (χ3v) is 4.58. The third-order valence-electron chi connectivity index (χ3n) is 4.58. The summed E-state index contributed by atoms with van der Waals surface area (Å²) in [6.45, 7) is 8.59. The molecule has 1 aliphatic rings.